The molecule has 1 aromatic heterocycles. The summed E-state index contributed by atoms with van der Waals surface area (Å²) in [4.78, 5) is 8.41. The van der Waals surface area contributed by atoms with Gasteiger partial charge in [-0.2, -0.15) is 0 Å². The van der Waals surface area contributed by atoms with E-state index in [0.29, 0.717) is 30.4 Å². The first kappa shape index (κ1) is 15.8. The van der Waals surface area contributed by atoms with E-state index in [0.717, 1.165) is 30.0 Å². The van der Waals surface area contributed by atoms with E-state index in [9.17, 15) is 0 Å². The molecule has 3 rings (SSSR count). The Morgan fingerprint density at radius 1 is 1.17 bits per heavy atom. The van der Waals surface area contributed by atoms with E-state index in [1.165, 1.54) is 6.33 Å². The molecule has 0 spiro atoms. The van der Waals surface area contributed by atoms with Gasteiger partial charge in [-0.15, -0.1) is 0 Å². The molecule has 4 N–H and O–H groups in total. The third kappa shape index (κ3) is 4.24. The molecule has 1 aliphatic rings. The molecule has 0 saturated carbocycles. The number of nitrogen functional groups attached to an aromatic ring is 1. The monoisotopic (exact) mass is 333 g/mol. The van der Waals surface area contributed by atoms with E-state index in [2.05, 4.69) is 20.6 Å². The molecule has 23 heavy (non-hydrogen) atoms. The topological polar surface area (TPSA) is 85.1 Å². The molecule has 0 radical (unpaired) electrons. The second-order valence-electron chi connectivity index (χ2n) is 5.48. The van der Waals surface area contributed by atoms with Crippen LogP contribution in [0.5, 0.6) is 0 Å². The molecule has 0 bridgehead atoms. The third-order valence-corrected chi connectivity index (χ3v) is 4.03. The van der Waals surface area contributed by atoms with Crippen molar-refractivity contribution < 1.29 is 4.74 Å². The largest absolute Gasteiger partial charge is 0.393 e. The maximum Gasteiger partial charge on any atom is 0.155 e. The maximum absolute atomic E-state index is 6.14. The predicted molar refractivity (Wildman–Crippen MR) is 92.7 cm³/mol. The number of nitrogens with one attached hydrogen (secondary N) is 2. The fourth-order valence-electron chi connectivity index (χ4n) is 2.48. The SMILES string of the molecule is Nc1c(NCc2ccc(Cl)cc2)ncnc1NCC1CCCO1. The van der Waals surface area contributed by atoms with Gasteiger partial charge in [-0.1, -0.05) is 23.7 Å². The predicted octanol–water partition coefficient (Wildman–Crippen LogP) is 2.92. The molecular weight excluding hydrogens is 314 g/mol. The third-order valence-electron chi connectivity index (χ3n) is 3.78. The van der Waals surface area contributed by atoms with E-state index < -0.39 is 0 Å². The molecule has 1 aliphatic heterocycles. The summed E-state index contributed by atoms with van der Waals surface area (Å²) in [5.74, 6) is 1.25. The summed E-state index contributed by atoms with van der Waals surface area (Å²) in [7, 11) is 0. The van der Waals surface area contributed by atoms with Crippen molar-refractivity contribution in [1.82, 2.24) is 9.97 Å². The molecule has 1 unspecified atom stereocenters. The Hall–Kier alpha value is -2.05. The van der Waals surface area contributed by atoms with Crippen molar-refractivity contribution in [2.45, 2.75) is 25.5 Å². The normalized spacial score (nSPS) is 17.2. The first-order chi connectivity index (χ1) is 11.2. The molecule has 1 fully saturated rings. The first-order valence-electron chi connectivity index (χ1n) is 7.66. The van der Waals surface area contributed by atoms with Crippen LogP contribution in [-0.4, -0.2) is 29.2 Å². The zero-order valence-corrected chi connectivity index (χ0v) is 13.5. The summed E-state index contributed by atoms with van der Waals surface area (Å²) < 4.78 is 5.59. The Morgan fingerprint density at radius 2 is 1.91 bits per heavy atom. The van der Waals surface area contributed by atoms with Crippen LogP contribution in [0.15, 0.2) is 30.6 Å². The van der Waals surface area contributed by atoms with Gasteiger partial charge in [-0.3, -0.25) is 0 Å². The molecular formula is C16H20ClN5O. The first-order valence-corrected chi connectivity index (χ1v) is 8.04. The van der Waals surface area contributed by atoms with Crippen LogP contribution >= 0.6 is 11.6 Å². The molecule has 0 amide bonds. The number of hydrogen-bond donors (Lipinski definition) is 3. The smallest absolute Gasteiger partial charge is 0.155 e. The molecule has 122 valence electrons. The number of halogens is 1. The molecule has 1 atom stereocenters. The standard InChI is InChI=1S/C16H20ClN5O/c17-12-5-3-11(4-6-12)8-19-15-14(18)16(22-10-21-15)20-9-13-2-1-7-23-13/h3-6,10,13H,1-2,7-9,18H2,(H2,19,20,21,22). The number of aromatic nitrogens is 2. The lowest BCUT2D eigenvalue weighted by molar-refractivity contribution is 0.120. The lowest BCUT2D eigenvalue weighted by atomic mass is 10.2. The van der Waals surface area contributed by atoms with Crippen molar-refractivity contribution in [1.29, 1.82) is 0 Å². The number of nitrogens with two attached hydrogens (primary N) is 1. The molecule has 7 heteroatoms. The second-order valence-corrected chi connectivity index (χ2v) is 5.92. The molecule has 1 saturated heterocycles. The van der Waals surface area contributed by atoms with E-state index >= 15 is 0 Å². The number of benzene rings is 1. The number of anilines is 3. The molecule has 2 heterocycles. The minimum Gasteiger partial charge on any atom is -0.393 e. The van der Waals surface area contributed by atoms with Gasteiger partial charge in [0.05, 0.1) is 6.10 Å². The van der Waals surface area contributed by atoms with Crippen LogP contribution in [0.3, 0.4) is 0 Å². The summed E-state index contributed by atoms with van der Waals surface area (Å²) in [6.07, 6.45) is 3.91. The van der Waals surface area contributed by atoms with Gasteiger partial charge < -0.3 is 21.1 Å². The molecule has 0 aliphatic carbocycles. The van der Waals surface area contributed by atoms with Gasteiger partial charge in [0, 0.05) is 24.7 Å². The van der Waals surface area contributed by atoms with Crippen molar-refractivity contribution in [2.24, 2.45) is 0 Å². The minimum absolute atomic E-state index is 0.231. The number of hydrogen-bond acceptors (Lipinski definition) is 6. The Kier molecular flexibility index (Phi) is 5.15. The number of rotatable bonds is 6. The Balaban J connectivity index is 1.60. The van der Waals surface area contributed by atoms with E-state index in [1.54, 1.807) is 0 Å². The van der Waals surface area contributed by atoms with Crippen LogP contribution in [0.4, 0.5) is 17.3 Å². The van der Waals surface area contributed by atoms with Gasteiger partial charge in [0.25, 0.3) is 0 Å². The van der Waals surface area contributed by atoms with Crippen LogP contribution in [-0.2, 0) is 11.3 Å². The lowest BCUT2D eigenvalue weighted by Gasteiger charge is -2.15. The van der Waals surface area contributed by atoms with E-state index in [1.807, 2.05) is 24.3 Å². The average Bonchev–Trinajstić information content (AvgIpc) is 3.08. The van der Waals surface area contributed by atoms with E-state index in [4.69, 9.17) is 22.1 Å². The zero-order chi connectivity index (χ0) is 16.1. The van der Waals surface area contributed by atoms with Crippen molar-refractivity contribution in [3.8, 4) is 0 Å². The molecule has 1 aromatic carbocycles. The van der Waals surface area contributed by atoms with Crippen LogP contribution in [0.1, 0.15) is 18.4 Å². The van der Waals surface area contributed by atoms with Gasteiger partial charge in [0.15, 0.2) is 11.6 Å². The highest BCUT2D eigenvalue weighted by Gasteiger charge is 2.16. The fraction of sp³-hybridized carbons (Fsp3) is 0.375. The van der Waals surface area contributed by atoms with Crippen LogP contribution in [0, 0.1) is 0 Å². The second kappa shape index (κ2) is 7.48. The summed E-state index contributed by atoms with van der Waals surface area (Å²) in [6.45, 7) is 2.15. The quantitative estimate of drug-likeness (QED) is 0.753. The zero-order valence-electron chi connectivity index (χ0n) is 12.8. The van der Waals surface area contributed by atoms with Crippen LogP contribution in [0.25, 0.3) is 0 Å². The Bertz CT molecular complexity index is 643. The van der Waals surface area contributed by atoms with E-state index in [-0.39, 0.29) is 6.10 Å². The Labute approximate surface area is 140 Å². The van der Waals surface area contributed by atoms with Gasteiger partial charge in [0.1, 0.15) is 12.0 Å². The highest BCUT2D eigenvalue weighted by molar-refractivity contribution is 6.30. The summed E-state index contributed by atoms with van der Waals surface area (Å²) in [5, 5.41) is 7.19. The maximum atomic E-state index is 6.14. The average molecular weight is 334 g/mol. The highest BCUT2D eigenvalue weighted by atomic mass is 35.5. The van der Waals surface area contributed by atoms with Gasteiger partial charge in [-0.05, 0) is 30.5 Å². The van der Waals surface area contributed by atoms with Crippen LogP contribution < -0.4 is 16.4 Å². The molecule has 2 aromatic rings. The van der Waals surface area contributed by atoms with Gasteiger partial charge in [-0.25, -0.2) is 9.97 Å². The number of ether oxygens (including phenoxy) is 1. The fourth-order valence-corrected chi connectivity index (χ4v) is 2.61. The number of nitrogens with zero attached hydrogens (tertiary/aromatic N) is 2. The van der Waals surface area contributed by atoms with Gasteiger partial charge >= 0.3 is 0 Å². The minimum atomic E-state index is 0.231. The summed E-state index contributed by atoms with van der Waals surface area (Å²) in [6, 6.07) is 7.64. The van der Waals surface area contributed by atoms with Crippen molar-refractivity contribution in [2.75, 3.05) is 29.5 Å². The van der Waals surface area contributed by atoms with Crippen molar-refractivity contribution in [3.63, 3.8) is 0 Å². The van der Waals surface area contributed by atoms with Crippen molar-refractivity contribution in [3.05, 3.63) is 41.2 Å². The molecule has 6 nitrogen and oxygen atoms in total. The summed E-state index contributed by atoms with van der Waals surface area (Å²) in [5.41, 5.74) is 7.76. The highest BCUT2D eigenvalue weighted by Crippen LogP contribution is 2.24. The summed E-state index contributed by atoms with van der Waals surface area (Å²) >= 11 is 5.88. The van der Waals surface area contributed by atoms with Crippen molar-refractivity contribution >= 4 is 28.9 Å². The van der Waals surface area contributed by atoms with Crippen LogP contribution in [0.2, 0.25) is 5.02 Å². The Morgan fingerprint density at radius 3 is 2.61 bits per heavy atom. The lowest BCUT2D eigenvalue weighted by Crippen LogP contribution is -2.20. The van der Waals surface area contributed by atoms with Gasteiger partial charge in [0.2, 0.25) is 0 Å².